The molecule has 0 bridgehead atoms. The van der Waals surface area contributed by atoms with Gasteiger partial charge >= 0.3 is 5.97 Å². The van der Waals surface area contributed by atoms with Gasteiger partial charge in [-0.1, -0.05) is 18.2 Å². The van der Waals surface area contributed by atoms with Crippen molar-refractivity contribution in [1.29, 1.82) is 0 Å². The largest absolute Gasteiger partial charge is 0.460 e. The molecule has 2 heterocycles. The second kappa shape index (κ2) is 4.34. The van der Waals surface area contributed by atoms with E-state index in [0.717, 1.165) is 0 Å². The van der Waals surface area contributed by atoms with Gasteiger partial charge in [-0.2, -0.15) is 0 Å². The highest BCUT2D eigenvalue weighted by atomic mass is 32.2. The molecule has 5 nitrogen and oxygen atoms in total. The Labute approximate surface area is 117 Å². The Morgan fingerprint density at radius 2 is 2.00 bits per heavy atom. The van der Waals surface area contributed by atoms with E-state index in [-0.39, 0.29) is 11.0 Å². The normalized spacial score (nSPS) is 19.2. The summed E-state index contributed by atoms with van der Waals surface area (Å²) in [7, 11) is -3.51. The summed E-state index contributed by atoms with van der Waals surface area (Å²) in [5, 5.41) is 0. The number of carbonyl (C=O) groups excluding carboxylic acids is 1. The molecule has 2 aliphatic heterocycles. The molecule has 0 atom stereocenters. The lowest BCUT2D eigenvalue weighted by Gasteiger charge is -2.12. The Bertz CT molecular complexity index is 718. The van der Waals surface area contributed by atoms with Crippen molar-refractivity contribution in [3.8, 4) is 0 Å². The standard InChI is InChI=1S/C14H15NO4S/c1-9(2)19-14(16)11-7-8-15-13(11)10-5-3-4-6-12(10)20(15,17)18/h3-6,9H,7-8H2,1-2H3. The molecular weight excluding hydrogens is 278 g/mol. The summed E-state index contributed by atoms with van der Waals surface area (Å²) in [5.41, 5.74) is 1.54. The molecule has 1 aromatic rings. The summed E-state index contributed by atoms with van der Waals surface area (Å²) >= 11 is 0. The highest BCUT2D eigenvalue weighted by Gasteiger charge is 2.44. The monoisotopic (exact) mass is 293 g/mol. The van der Waals surface area contributed by atoms with Crippen LogP contribution in [0.1, 0.15) is 25.8 Å². The first kappa shape index (κ1) is 13.2. The molecule has 1 aromatic carbocycles. The number of nitrogens with zero attached hydrogens (tertiary/aromatic N) is 1. The highest BCUT2D eigenvalue weighted by molar-refractivity contribution is 7.90. The first-order valence-electron chi connectivity index (χ1n) is 6.49. The summed E-state index contributed by atoms with van der Waals surface area (Å²) in [6, 6.07) is 6.76. The molecule has 0 radical (unpaired) electrons. The minimum atomic E-state index is -3.51. The first-order valence-corrected chi connectivity index (χ1v) is 7.93. The first-order chi connectivity index (χ1) is 9.43. The summed E-state index contributed by atoms with van der Waals surface area (Å²) in [6.45, 7) is 3.85. The van der Waals surface area contributed by atoms with Gasteiger partial charge in [0.15, 0.2) is 0 Å². The molecule has 0 saturated carbocycles. The topological polar surface area (TPSA) is 63.7 Å². The fourth-order valence-corrected chi connectivity index (χ4v) is 4.33. The fraction of sp³-hybridized carbons (Fsp3) is 0.357. The van der Waals surface area contributed by atoms with Crippen LogP contribution in [0.15, 0.2) is 34.7 Å². The van der Waals surface area contributed by atoms with Crippen molar-refractivity contribution >= 4 is 21.7 Å². The van der Waals surface area contributed by atoms with Crippen LogP contribution in [-0.4, -0.2) is 31.3 Å². The van der Waals surface area contributed by atoms with E-state index in [1.807, 2.05) is 0 Å². The molecule has 6 heteroatoms. The van der Waals surface area contributed by atoms with Crippen molar-refractivity contribution in [2.45, 2.75) is 31.3 Å². The average molecular weight is 293 g/mol. The van der Waals surface area contributed by atoms with E-state index in [0.29, 0.717) is 29.8 Å². The number of carbonyl (C=O) groups is 1. The van der Waals surface area contributed by atoms with Crippen molar-refractivity contribution < 1.29 is 17.9 Å². The predicted octanol–water partition coefficient (Wildman–Crippen LogP) is 1.76. The molecule has 0 amide bonds. The maximum absolute atomic E-state index is 12.4. The van der Waals surface area contributed by atoms with E-state index in [9.17, 15) is 13.2 Å². The van der Waals surface area contributed by atoms with Crippen LogP contribution < -0.4 is 0 Å². The van der Waals surface area contributed by atoms with E-state index < -0.39 is 16.0 Å². The van der Waals surface area contributed by atoms with Crippen molar-refractivity contribution in [2.24, 2.45) is 0 Å². The van der Waals surface area contributed by atoms with Gasteiger partial charge in [0.25, 0.3) is 10.0 Å². The summed E-state index contributed by atoms with van der Waals surface area (Å²) in [5.74, 6) is -0.426. The molecule has 0 fully saturated rings. The zero-order valence-corrected chi connectivity index (χ0v) is 12.1. The molecule has 106 valence electrons. The van der Waals surface area contributed by atoms with Gasteiger partial charge in [-0.05, 0) is 19.9 Å². The van der Waals surface area contributed by atoms with Gasteiger partial charge in [0.1, 0.15) is 0 Å². The molecule has 0 spiro atoms. The molecule has 2 aliphatic rings. The number of sulfonamides is 1. The Hall–Kier alpha value is -1.82. The maximum Gasteiger partial charge on any atom is 0.336 e. The number of ether oxygens (including phenoxy) is 1. The smallest absolute Gasteiger partial charge is 0.336 e. The molecule has 0 N–H and O–H groups in total. The van der Waals surface area contributed by atoms with Crippen LogP contribution in [0.25, 0.3) is 5.70 Å². The zero-order valence-electron chi connectivity index (χ0n) is 11.3. The SMILES string of the molecule is CC(C)OC(=O)C1=C2c3ccccc3S(=O)(=O)N2CC1. The van der Waals surface area contributed by atoms with Gasteiger partial charge in [0, 0.05) is 18.5 Å². The Morgan fingerprint density at radius 1 is 1.30 bits per heavy atom. The number of hydrogen-bond acceptors (Lipinski definition) is 4. The molecule has 3 rings (SSSR count). The minimum absolute atomic E-state index is 0.224. The average Bonchev–Trinajstić information content (AvgIpc) is 2.90. The van der Waals surface area contributed by atoms with E-state index >= 15 is 0 Å². The Morgan fingerprint density at radius 3 is 2.70 bits per heavy atom. The number of hydrogen-bond donors (Lipinski definition) is 0. The summed E-state index contributed by atoms with van der Waals surface area (Å²) in [6.07, 6.45) is 0.173. The Kier molecular flexibility index (Phi) is 2.86. The maximum atomic E-state index is 12.4. The summed E-state index contributed by atoms with van der Waals surface area (Å²) in [4.78, 5) is 12.4. The second-order valence-electron chi connectivity index (χ2n) is 5.10. The predicted molar refractivity (Wildman–Crippen MR) is 73.1 cm³/mol. The molecule has 0 saturated heterocycles. The minimum Gasteiger partial charge on any atom is -0.460 e. The van der Waals surface area contributed by atoms with E-state index in [1.54, 1.807) is 38.1 Å². The van der Waals surface area contributed by atoms with Crippen LogP contribution in [0, 0.1) is 0 Å². The van der Waals surface area contributed by atoms with Crippen molar-refractivity contribution in [3.05, 3.63) is 35.4 Å². The van der Waals surface area contributed by atoms with Gasteiger partial charge in [-0.15, -0.1) is 0 Å². The molecular formula is C14H15NO4S. The van der Waals surface area contributed by atoms with E-state index in [2.05, 4.69) is 0 Å². The van der Waals surface area contributed by atoms with Crippen molar-refractivity contribution in [1.82, 2.24) is 4.31 Å². The van der Waals surface area contributed by atoms with Gasteiger partial charge in [-0.3, -0.25) is 4.31 Å². The third kappa shape index (κ3) is 1.75. The van der Waals surface area contributed by atoms with E-state index in [4.69, 9.17) is 4.74 Å². The third-order valence-corrected chi connectivity index (χ3v) is 5.26. The van der Waals surface area contributed by atoms with Crippen LogP contribution in [-0.2, 0) is 19.6 Å². The summed E-state index contributed by atoms with van der Waals surface area (Å²) < 4.78 is 31.3. The number of fused-ring (bicyclic) bond motifs is 3. The van der Waals surface area contributed by atoms with Crippen molar-refractivity contribution in [3.63, 3.8) is 0 Å². The van der Waals surface area contributed by atoms with Gasteiger partial charge in [-0.25, -0.2) is 13.2 Å². The molecule has 0 aliphatic carbocycles. The van der Waals surface area contributed by atoms with Crippen LogP contribution in [0.5, 0.6) is 0 Å². The van der Waals surface area contributed by atoms with Crippen LogP contribution in [0.2, 0.25) is 0 Å². The van der Waals surface area contributed by atoms with Crippen LogP contribution >= 0.6 is 0 Å². The lowest BCUT2D eigenvalue weighted by Crippen LogP contribution is -2.21. The fourth-order valence-electron chi connectivity index (χ4n) is 2.62. The Balaban J connectivity index is 2.16. The number of benzene rings is 1. The highest BCUT2D eigenvalue weighted by Crippen LogP contribution is 2.44. The quantitative estimate of drug-likeness (QED) is 0.779. The van der Waals surface area contributed by atoms with Crippen molar-refractivity contribution in [2.75, 3.05) is 6.54 Å². The molecule has 20 heavy (non-hydrogen) atoms. The molecule has 0 aromatic heterocycles. The number of rotatable bonds is 2. The number of esters is 1. The van der Waals surface area contributed by atoms with E-state index in [1.165, 1.54) is 4.31 Å². The van der Waals surface area contributed by atoms with Gasteiger partial charge in [0.05, 0.1) is 22.3 Å². The zero-order chi connectivity index (χ0) is 14.5. The van der Waals surface area contributed by atoms with Gasteiger partial charge < -0.3 is 4.74 Å². The third-order valence-electron chi connectivity index (χ3n) is 3.40. The second-order valence-corrected chi connectivity index (χ2v) is 6.94. The van der Waals surface area contributed by atoms with Crippen LogP contribution in [0.4, 0.5) is 0 Å². The van der Waals surface area contributed by atoms with Crippen LogP contribution in [0.3, 0.4) is 0 Å². The van der Waals surface area contributed by atoms with Gasteiger partial charge in [0.2, 0.25) is 0 Å². The molecule has 0 unspecified atom stereocenters. The lowest BCUT2D eigenvalue weighted by atomic mass is 10.1. The lowest BCUT2D eigenvalue weighted by molar-refractivity contribution is -0.142.